The predicted molar refractivity (Wildman–Crippen MR) is 196 cm³/mol. The fraction of sp³-hybridized carbons (Fsp3) is 0.263. The summed E-state index contributed by atoms with van der Waals surface area (Å²) in [5, 5.41) is 7.81. The molecule has 4 aromatic carbocycles. The van der Waals surface area contributed by atoms with E-state index in [-0.39, 0.29) is 33.6 Å². The number of carbonyl (C=O) groups is 2. The quantitative estimate of drug-likeness (QED) is 0.124. The Hall–Kier alpha value is -5.00. The Morgan fingerprint density at radius 2 is 1.58 bits per heavy atom. The number of hydrogen-bond donors (Lipinski definition) is 2. The molecule has 0 aliphatic carbocycles. The molecule has 0 bridgehead atoms. The first kappa shape index (κ1) is 36.3. The van der Waals surface area contributed by atoms with Gasteiger partial charge in [-0.25, -0.2) is 17.9 Å². The first-order valence-electron chi connectivity index (χ1n) is 16.6. The number of nitrogens with one attached hydrogen (secondary N) is 2. The van der Waals surface area contributed by atoms with E-state index < -0.39 is 15.9 Å². The maximum absolute atomic E-state index is 13.9. The average Bonchev–Trinajstić information content (AvgIpc) is 3.41. The lowest BCUT2D eigenvalue weighted by atomic mass is 10.0. The fourth-order valence-corrected chi connectivity index (χ4v) is 6.96. The van der Waals surface area contributed by atoms with Crippen molar-refractivity contribution in [1.82, 2.24) is 19.1 Å². The first-order chi connectivity index (χ1) is 24.0. The van der Waals surface area contributed by atoms with E-state index in [4.69, 9.17) is 16.7 Å². The minimum absolute atomic E-state index is 0.0495. The van der Waals surface area contributed by atoms with Gasteiger partial charge in [0.25, 0.3) is 15.9 Å². The molecule has 5 rings (SSSR count). The highest BCUT2D eigenvalue weighted by molar-refractivity contribution is 7.90. The molecular weight excluding hydrogens is 674 g/mol. The van der Waals surface area contributed by atoms with Gasteiger partial charge in [-0.3, -0.25) is 14.2 Å². The summed E-state index contributed by atoms with van der Waals surface area (Å²) in [7, 11) is -4.26. The third-order valence-corrected chi connectivity index (χ3v) is 10.0. The summed E-state index contributed by atoms with van der Waals surface area (Å²) in [6.45, 7) is 6.25. The highest BCUT2D eigenvalue weighted by atomic mass is 35.5. The van der Waals surface area contributed by atoms with E-state index in [1.807, 2.05) is 38.1 Å². The molecule has 0 aliphatic rings. The Balaban J connectivity index is 1.42. The molecule has 1 heterocycles. The maximum atomic E-state index is 13.9. The molecule has 0 saturated carbocycles. The standard InChI is InChI=1S/C38H40ClN5O5S/c1-4-6-16-35-41-44(33-24-29(23-18-26(33)3)40-36(45)17-7-5-2)38(47)43(35)25-27-19-21-28(22-20-27)30-12-9-11-15-34(30)50(48,49)42-37(46)31-13-8-10-14-32(31)39/h8-15,18-24H,4-7,16-17,25H2,1-3H3,(H,40,45)(H,42,46). The van der Waals surface area contributed by atoms with Crippen molar-refractivity contribution < 1.29 is 18.0 Å². The van der Waals surface area contributed by atoms with Gasteiger partial charge in [0.15, 0.2) is 0 Å². The van der Waals surface area contributed by atoms with E-state index >= 15 is 0 Å². The number of halogens is 1. The van der Waals surface area contributed by atoms with Gasteiger partial charge in [0.2, 0.25) is 5.91 Å². The number of rotatable bonds is 14. The summed E-state index contributed by atoms with van der Waals surface area (Å²) in [5.41, 5.74) is 3.61. The van der Waals surface area contributed by atoms with Crippen LogP contribution in [-0.4, -0.2) is 34.6 Å². The van der Waals surface area contributed by atoms with E-state index in [1.54, 1.807) is 53.1 Å². The smallest absolute Gasteiger partial charge is 0.326 e. The molecule has 1 aromatic heterocycles. The number of hydrogen-bond acceptors (Lipinski definition) is 6. The van der Waals surface area contributed by atoms with Gasteiger partial charge in [0, 0.05) is 24.1 Å². The Kier molecular flexibility index (Phi) is 11.7. The van der Waals surface area contributed by atoms with Gasteiger partial charge in [-0.2, -0.15) is 4.68 Å². The number of carbonyl (C=O) groups excluding carboxylic acids is 2. The minimum Gasteiger partial charge on any atom is -0.326 e. The number of anilines is 1. The van der Waals surface area contributed by atoms with Crippen molar-refractivity contribution in [3.05, 3.63) is 129 Å². The van der Waals surface area contributed by atoms with E-state index in [2.05, 4.69) is 17.0 Å². The van der Waals surface area contributed by atoms with Crippen molar-refractivity contribution in [2.75, 3.05) is 5.32 Å². The van der Waals surface area contributed by atoms with Gasteiger partial charge >= 0.3 is 5.69 Å². The topological polar surface area (TPSA) is 132 Å². The van der Waals surface area contributed by atoms with Crippen molar-refractivity contribution >= 4 is 39.1 Å². The fourth-order valence-electron chi connectivity index (χ4n) is 5.54. The van der Waals surface area contributed by atoms with Crippen LogP contribution < -0.4 is 15.7 Å². The van der Waals surface area contributed by atoms with Gasteiger partial charge in [-0.1, -0.05) is 99.0 Å². The Bertz CT molecular complexity index is 2170. The van der Waals surface area contributed by atoms with Crippen LogP contribution in [0.2, 0.25) is 5.02 Å². The number of nitrogens with zero attached hydrogens (tertiary/aromatic N) is 3. The summed E-state index contributed by atoms with van der Waals surface area (Å²) in [4.78, 5) is 39.1. The highest BCUT2D eigenvalue weighted by Gasteiger charge is 2.24. The molecule has 12 heteroatoms. The normalized spacial score (nSPS) is 11.4. The van der Waals surface area contributed by atoms with E-state index in [0.717, 1.165) is 36.8 Å². The third kappa shape index (κ3) is 8.40. The minimum atomic E-state index is -4.26. The third-order valence-electron chi connectivity index (χ3n) is 8.30. The second-order valence-electron chi connectivity index (χ2n) is 12.1. The van der Waals surface area contributed by atoms with Gasteiger partial charge in [0.1, 0.15) is 5.82 Å². The maximum Gasteiger partial charge on any atom is 0.351 e. The van der Waals surface area contributed by atoms with Crippen LogP contribution in [0.1, 0.15) is 73.3 Å². The van der Waals surface area contributed by atoms with Gasteiger partial charge < -0.3 is 5.32 Å². The average molecular weight is 714 g/mol. The summed E-state index contributed by atoms with van der Waals surface area (Å²) >= 11 is 6.12. The molecule has 5 aromatic rings. The van der Waals surface area contributed by atoms with Crippen molar-refractivity contribution in [1.29, 1.82) is 0 Å². The molecule has 50 heavy (non-hydrogen) atoms. The van der Waals surface area contributed by atoms with Crippen LogP contribution in [0, 0.1) is 6.92 Å². The van der Waals surface area contributed by atoms with E-state index in [1.165, 1.54) is 22.9 Å². The molecule has 0 aliphatic heterocycles. The molecule has 10 nitrogen and oxygen atoms in total. The Labute approximate surface area is 297 Å². The zero-order chi connectivity index (χ0) is 35.8. The van der Waals surface area contributed by atoms with Gasteiger partial charge in [0.05, 0.1) is 27.7 Å². The molecule has 260 valence electrons. The second-order valence-corrected chi connectivity index (χ2v) is 14.1. The van der Waals surface area contributed by atoms with Gasteiger partial charge in [-0.15, -0.1) is 5.10 Å². The number of amides is 2. The molecule has 2 amide bonds. The van der Waals surface area contributed by atoms with Crippen LogP contribution in [-0.2, 0) is 27.8 Å². The Morgan fingerprint density at radius 3 is 2.30 bits per heavy atom. The molecular formula is C38H40ClN5O5S. The molecule has 0 spiro atoms. The Morgan fingerprint density at radius 1 is 0.880 bits per heavy atom. The number of aryl methyl sites for hydroxylation is 2. The lowest BCUT2D eigenvalue weighted by Crippen LogP contribution is -2.31. The molecule has 0 fully saturated rings. The monoisotopic (exact) mass is 713 g/mol. The van der Waals surface area contributed by atoms with Crippen LogP contribution in [0.4, 0.5) is 5.69 Å². The predicted octanol–water partition coefficient (Wildman–Crippen LogP) is 7.30. The zero-order valence-corrected chi connectivity index (χ0v) is 29.9. The van der Waals surface area contributed by atoms with Crippen LogP contribution in [0.5, 0.6) is 0 Å². The molecule has 0 saturated heterocycles. The largest absolute Gasteiger partial charge is 0.351 e. The second kappa shape index (κ2) is 16.1. The van der Waals surface area contributed by atoms with Crippen molar-refractivity contribution in [2.24, 2.45) is 0 Å². The molecule has 0 atom stereocenters. The summed E-state index contributed by atoms with van der Waals surface area (Å²) < 4.78 is 32.0. The first-order valence-corrected chi connectivity index (χ1v) is 18.5. The lowest BCUT2D eigenvalue weighted by molar-refractivity contribution is -0.116. The molecule has 2 N–H and O–H groups in total. The summed E-state index contributed by atoms with van der Waals surface area (Å²) in [5.74, 6) is -0.263. The van der Waals surface area contributed by atoms with Crippen molar-refractivity contribution in [3.63, 3.8) is 0 Å². The van der Waals surface area contributed by atoms with Crippen LogP contribution in [0.15, 0.2) is 101 Å². The number of sulfonamides is 1. The lowest BCUT2D eigenvalue weighted by Gasteiger charge is -2.13. The van der Waals surface area contributed by atoms with E-state index in [9.17, 15) is 22.8 Å². The summed E-state index contributed by atoms with van der Waals surface area (Å²) in [6.07, 6.45) is 4.52. The number of unbranched alkanes of at least 4 members (excludes halogenated alkanes) is 2. The van der Waals surface area contributed by atoms with Crippen LogP contribution in [0.3, 0.4) is 0 Å². The zero-order valence-electron chi connectivity index (χ0n) is 28.3. The van der Waals surface area contributed by atoms with Crippen molar-refractivity contribution in [3.8, 4) is 16.8 Å². The number of benzene rings is 4. The SMILES string of the molecule is CCCCC(=O)Nc1ccc(C)c(-n2nc(CCCC)n(Cc3ccc(-c4ccccc4S(=O)(=O)NC(=O)c4ccccc4Cl)cc3)c2=O)c1. The van der Waals surface area contributed by atoms with Crippen LogP contribution in [0.25, 0.3) is 16.8 Å². The van der Waals surface area contributed by atoms with E-state index in [0.29, 0.717) is 41.2 Å². The van der Waals surface area contributed by atoms with Gasteiger partial charge in [-0.05, 0) is 66.8 Å². The van der Waals surface area contributed by atoms with Crippen molar-refractivity contribution in [2.45, 2.75) is 70.7 Å². The molecule has 0 unspecified atom stereocenters. The summed E-state index contributed by atoms with van der Waals surface area (Å²) in [6, 6.07) is 25.4. The molecule has 0 radical (unpaired) electrons. The van der Waals surface area contributed by atoms with Crippen LogP contribution >= 0.6 is 11.6 Å². The number of aromatic nitrogens is 3. The highest BCUT2D eigenvalue weighted by Crippen LogP contribution is 2.28.